The van der Waals surface area contributed by atoms with Gasteiger partial charge in [0.15, 0.2) is 5.76 Å². The molecule has 0 amide bonds. The second kappa shape index (κ2) is 4.41. The van der Waals surface area contributed by atoms with E-state index in [1.165, 1.54) is 25.5 Å². The molecule has 1 heterocycles. The molecule has 2 rings (SSSR count). The average molecular weight is 234 g/mol. The molecule has 0 bridgehead atoms. The van der Waals surface area contributed by atoms with E-state index in [0.717, 1.165) is 6.07 Å². The standard InChI is InChI=1S/C13H11FO3/c1-8-5-6-17-13(8)12(15)10-7-9(14)3-4-11(10)16-2/h3-7H,1-2H3. The van der Waals surface area contributed by atoms with Crippen LogP contribution in [0.3, 0.4) is 0 Å². The molecule has 88 valence electrons. The van der Waals surface area contributed by atoms with Crippen molar-refractivity contribution in [2.75, 3.05) is 7.11 Å². The van der Waals surface area contributed by atoms with Gasteiger partial charge in [-0.2, -0.15) is 0 Å². The van der Waals surface area contributed by atoms with Crippen molar-refractivity contribution >= 4 is 5.78 Å². The third-order valence-electron chi connectivity index (χ3n) is 2.47. The Morgan fingerprint density at radius 2 is 2.12 bits per heavy atom. The number of methoxy groups -OCH3 is 1. The molecule has 0 spiro atoms. The molecule has 2 aromatic rings. The Morgan fingerprint density at radius 1 is 1.35 bits per heavy atom. The van der Waals surface area contributed by atoms with Crippen molar-refractivity contribution in [1.29, 1.82) is 0 Å². The molecule has 0 aliphatic heterocycles. The van der Waals surface area contributed by atoms with Crippen LogP contribution in [0.5, 0.6) is 5.75 Å². The van der Waals surface area contributed by atoms with Crippen molar-refractivity contribution in [3.8, 4) is 5.75 Å². The van der Waals surface area contributed by atoms with Gasteiger partial charge in [-0.15, -0.1) is 0 Å². The Morgan fingerprint density at radius 3 is 2.71 bits per heavy atom. The van der Waals surface area contributed by atoms with Crippen molar-refractivity contribution in [3.05, 3.63) is 53.2 Å². The Hall–Kier alpha value is -2.10. The third-order valence-corrected chi connectivity index (χ3v) is 2.47. The lowest BCUT2D eigenvalue weighted by Gasteiger charge is -2.06. The first-order valence-corrected chi connectivity index (χ1v) is 5.06. The third kappa shape index (κ3) is 2.06. The summed E-state index contributed by atoms with van der Waals surface area (Å²) in [6.07, 6.45) is 1.42. The van der Waals surface area contributed by atoms with Crippen LogP contribution in [0.4, 0.5) is 4.39 Å². The molecule has 17 heavy (non-hydrogen) atoms. The van der Waals surface area contributed by atoms with Crippen molar-refractivity contribution < 1.29 is 18.3 Å². The van der Waals surface area contributed by atoms with Crippen molar-refractivity contribution in [3.63, 3.8) is 0 Å². The molecule has 0 radical (unpaired) electrons. The van der Waals surface area contributed by atoms with Crippen LogP contribution < -0.4 is 4.74 Å². The number of aryl methyl sites for hydroxylation is 1. The number of carbonyl (C=O) groups excluding carboxylic acids is 1. The highest BCUT2D eigenvalue weighted by Crippen LogP contribution is 2.24. The maximum absolute atomic E-state index is 13.1. The first-order chi connectivity index (χ1) is 8.13. The lowest BCUT2D eigenvalue weighted by atomic mass is 10.1. The van der Waals surface area contributed by atoms with Gasteiger partial charge in [0.1, 0.15) is 11.6 Å². The molecular formula is C13H11FO3. The van der Waals surface area contributed by atoms with Crippen LogP contribution in [-0.2, 0) is 0 Å². The van der Waals surface area contributed by atoms with E-state index in [4.69, 9.17) is 9.15 Å². The Labute approximate surface area is 97.8 Å². The minimum Gasteiger partial charge on any atom is -0.496 e. The van der Waals surface area contributed by atoms with Crippen LogP contribution in [0.1, 0.15) is 21.7 Å². The van der Waals surface area contributed by atoms with Gasteiger partial charge in [-0.1, -0.05) is 0 Å². The van der Waals surface area contributed by atoms with E-state index in [0.29, 0.717) is 11.3 Å². The molecule has 0 atom stereocenters. The molecule has 1 aromatic heterocycles. The average Bonchev–Trinajstić information content (AvgIpc) is 2.74. The van der Waals surface area contributed by atoms with Crippen LogP contribution in [0.25, 0.3) is 0 Å². The quantitative estimate of drug-likeness (QED) is 0.766. The Bertz CT molecular complexity index is 558. The molecule has 0 N–H and O–H groups in total. The predicted molar refractivity (Wildman–Crippen MR) is 59.8 cm³/mol. The molecule has 3 nitrogen and oxygen atoms in total. The number of hydrogen-bond donors (Lipinski definition) is 0. The topological polar surface area (TPSA) is 39.4 Å². The zero-order valence-corrected chi connectivity index (χ0v) is 9.49. The van der Waals surface area contributed by atoms with Gasteiger partial charge >= 0.3 is 0 Å². The first-order valence-electron chi connectivity index (χ1n) is 5.06. The molecule has 0 saturated heterocycles. The van der Waals surface area contributed by atoms with Gasteiger partial charge in [-0.3, -0.25) is 4.79 Å². The fraction of sp³-hybridized carbons (Fsp3) is 0.154. The molecule has 0 saturated carbocycles. The van der Waals surface area contributed by atoms with E-state index in [2.05, 4.69) is 0 Å². The second-order valence-corrected chi connectivity index (χ2v) is 3.61. The lowest BCUT2D eigenvalue weighted by molar-refractivity contribution is 0.100. The number of furan rings is 1. The monoisotopic (exact) mass is 234 g/mol. The maximum Gasteiger partial charge on any atom is 0.232 e. The van der Waals surface area contributed by atoms with Crippen LogP contribution in [0.15, 0.2) is 34.9 Å². The summed E-state index contributed by atoms with van der Waals surface area (Å²) >= 11 is 0. The van der Waals surface area contributed by atoms with E-state index < -0.39 is 5.82 Å². The Balaban J connectivity index is 2.50. The van der Waals surface area contributed by atoms with Crippen LogP contribution >= 0.6 is 0 Å². The zero-order chi connectivity index (χ0) is 12.4. The SMILES string of the molecule is COc1ccc(F)cc1C(=O)c1occc1C. The summed E-state index contributed by atoms with van der Waals surface area (Å²) in [5.74, 6) is -0.344. The van der Waals surface area contributed by atoms with Gasteiger partial charge in [-0.25, -0.2) is 4.39 Å². The van der Waals surface area contributed by atoms with Crippen molar-refractivity contribution in [1.82, 2.24) is 0 Å². The highest BCUT2D eigenvalue weighted by molar-refractivity contribution is 6.09. The predicted octanol–water partition coefficient (Wildman–Crippen LogP) is 2.97. The van der Waals surface area contributed by atoms with Gasteiger partial charge in [0, 0.05) is 0 Å². The summed E-state index contributed by atoms with van der Waals surface area (Å²) in [7, 11) is 1.43. The molecule has 0 unspecified atom stereocenters. The normalized spacial score (nSPS) is 10.3. The number of ketones is 1. The molecule has 0 aliphatic carbocycles. The summed E-state index contributed by atoms with van der Waals surface area (Å²) in [6.45, 7) is 1.75. The molecule has 4 heteroatoms. The van der Waals surface area contributed by atoms with E-state index >= 15 is 0 Å². The van der Waals surface area contributed by atoms with E-state index in [-0.39, 0.29) is 17.1 Å². The number of halogens is 1. The minimum atomic E-state index is -0.488. The molecular weight excluding hydrogens is 223 g/mol. The summed E-state index contributed by atoms with van der Waals surface area (Å²) in [4.78, 5) is 12.1. The Kier molecular flexibility index (Phi) is 2.95. The van der Waals surface area contributed by atoms with E-state index in [1.807, 2.05) is 0 Å². The summed E-state index contributed by atoms with van der Waals surface area (Å²) in [5.41, 5.74) is 0.867. The van der Waals surface area contributed by atoms with E-state index in [9.17, 15) is 9.18 Å². The molecule has 0 aliphatic rings. The minimum absolute atomic E-state index is 0.158. The molecule has 0 fully saturated rings. The summed E-state index contributed by atoms with van der Waals surface area (Å²) < 4.78 is 23.3. The fourth-order valence-electron chi connectivity index (χ4n) is 1.59. The van der Waals surface area contributed by atoms with E-state index in [1.54, 1.807) is 13.0 Å². The largest absolute Gasteiger partial charge is 0.496 e. The van der Waals surface area contributed by atoms with Crippen LogP contribution in [0.2, 0.25) is 0 Å². The smallest absolute Gasteiger partial charge is 0.232 e. The summed E-state index contributed by atoms with van der Waals surface area (Å²) in [5, 5.41) is 0. The zero-order valence-electron chi connectivity index (χ0n) is 9.49. The first kappa shape index (κ1) is 11.4. The maximum atomic E-state index is 13.1. The highest BCUT2D eigenvalue weighted by Gasteiger charge is 2.19. The summed E-state index contributed by atoms with van der Waals surface area (Å²) in [6, 6.07) is 5.48. The highest BCUT2D eigenvalue weighted by atomic mass is 19.1. The second-order valence-electron chi connectivity index (χ2n) is 3.61. The lowest BCUT2D eigenvalue weighted by Crippen LogP contribution is -2.04. The number of hydrogen-bond acceptors (Lipinski definition) is 3. The fourth-order valence-corrected chi connectivity index (χ4v) is 1.59. The van der Waals surface area contributed by atoms with Gasteiger partial charge in [0.05, 0.1) is 18.9 Å². The number of rotatable bonds is 3. The van der Waals surface area contributed by atoms with Gasteiger partial charge < -0.3 is 9.15 Å². The number of benzene rings is 1. The van der Waals surface area contributed by atoms with Crippen molar-refractivity contribution in [2.24, 2.45) is 0 Å². The van der Waals surface area contributed by atoms with Gasteiger partial charge in [0.2, 0.25) is 5.78 Å². The van der Waals surface area contributed by atoms with Gasteiger partial charge in [-0.05, 0) is 36.8 Å². The van der Waals surface area contributed by atoms with Crippen LogP contribution in [-0.4, -0.2) is 12.9 Å². The van der Waals surface area contributed by atoms with Gasteiger partial charge in [0.25, 0.3) is 0 Å². The van der Waals surface area contributed by atoms with Crippen molar-refractivity contribution in [2.45, 2.75) is 6.92 Å². The number of carbonyl (C=O) groups is 1. The van der Waals surface area contributed by atoms with Crippen LogP contribution in [0, 0.1) is 12.7 Å². The number of ether oxygens (including phenoxy) is 1. The molecule has 1 aromatic carbocycles.